The quantitative estimate of drug-likeness (QED) is 0.402. The first-order valence-corrected chi connectivity index (χ1v) is 11.0. The second-order valence-corrected chi connectivity index (χ2v) is 8.16. The fraction of sp³-hybridized carbons (Fsp3) is 0.320. The summed E-state index contributed by atoms with van der Waals surface area (Å²) in [4.78, 5) is 20.6. The molecule has 0 bridgehead atoms. The molecule has 174 valence electrons. The first kappa shape index (κ1) is 23.8. The third-order valence-electron chi connectivity index (χ3n) is 5.61. The number of nitrogens with two attached hydrogens (primary N) is 1. The molecule has 0 spiro atoms. The number of amides is 1. The molecule has 1 amide bonds. The van der Waals surface area contributed by atoms with Crippen LogP contribution >= 0.6 is 0 Å². The second kappa shape index (κ2) is 11.2. The summed E-state index contributed by atoms with van der Waals surface area (Å²) in [6.45, 7) is 2.16. The minimum atomic E-state index is -0.133. The van der Waals surface area contributed by atoms with Crippen LogP contribution in [0.1, 0.15) is 27.9 Å². The van der Waals surface area contributed by atoms with Crippen LogP contribution in [0.15, 0.2) is 59.6 Å². The third kappa shape index (κ3) is 6.58. The Morgan fingerprint density at radius 3 is 2.39 bits per heavy atom. The van der Waals surface area contributed by atoms with E-state index in [2.05, 4.69) is 21.7 Å². The molecule has 8 nitrogen and oxygen atoms in total. The zero-order valence-electron chi connectivity index (χ0n) is 19.6. The van der Waals surface area contributed by atoms with E-state index in [1.165, 1.54) is 11.1 Å². The van der Waals surface area contributed by atoms with Gasteiger partial charge in [0.15, 0.2) is 11.9 Å². The molecule has 1 aliphatic rings. The van der Waals surface area contributed by atoms with E-state index in [4.69, 9.17) is 11.1 Å². The fourth-order valence-electron chi connectivity index (χ4n) is 3.70. The number of carbonyl (C=O) groups is 1. The maximum Gasteiger partial charge on any atom is 0.255 e. The van der Waals surface area contributed by atoms with Crippen molar-refractivity contribution in [1.29, 1.82) is 5.41 Å². The maximum atomic E-state index is 12.7. The minimum Gasteiger partial charge on any atom is -0.370 e. The minimum absolute atomic E-state index is 0.103. The maximum absolute atomic E-state index is 12.7. The SMILES string of the molecule is CN=C(NCCc1ccc(NC(=O)c2ccc(C3=CCN(C(=N)N)CC3)cc2)cc1)N(C)C. The number of rotatable bonds is 6. The molecule has 2 aromatic rings. The zero-order chi connectivity index (χ0) is 23.8. The Bertz CT molecular complexity index is 1020. The first-order chi connectivity index (χ1) is 15.9. The molecule has 0 saturated carbocycles. The van der Waals surface area contributed by atoms with Crippen molar-refractivity contribution < 1.29 is 4.79 Å². The van der Waals surface area contributed by atoms with E-state index in [-0.39, 0.29) is 11.9 Å². The monoisotopic (exact) mass is 447 g/mol. The molecule has 0 saturated heterocycles. The highest BCUT2D eigenvalue weighted by atomic mass is 16.1. The van der Waals surface area contributed by atoms with Gasteiger partial charge in [-0.3, -0.25) is 15.2 Å². The Morgan fingerprint density at radius 2 is 1.85 bits per heavy atom. The molecule has 0 unspecified atom stereocenters. The highest BCUT2D eigenvalue weighted by molar-refractivity contribution is 6.04. The van der Waals surface area contributed by atoms with Crippen LogP contribution in [0.2, 0.25) is 0 Å². The Morgan fingerprint density at radius 1 is 1.15 bits per heavy atom. The Hall–Kier alpha value is -3.81. The van der Waals surface area contributed by atoms with Gasteiger partial charge in [-0.15, -0.1) is 0 Å². The summed E-state index contributed by atoms with van der Waals surface area (Å²) in [5.41, 5.74) is 10.4. The number of hydrogen-bond acceptors (Lipinski definition) is 3. The normalized spacial score (nSPS) is 13.8. The van der Waals surface area contributed by atoms with E-state index < -0.39 is 0 Å². The van der Waals surface area contributed by atoms with Gasteiger partial charge in [0.25, 0.3) is 5.91 Å². The first-order valence-electron chi connectivity index (χ1n) is 11.0. The highest BCUT2D eigenvalue weighted by Gasteiger charge is 2.14. The summed E-state index contributed by atoms with van der Waals surface area (Å²) in [5, 5.41) is 13.8. The van der Waals surface area contributed by atoms with Crippen LogP contribution in [0.4, 0.5) is 5.69 Å². The van der Waals surface area contributed by atoms with Gasteiger partial charge in [-0.05, 0) is 53.8 Å². The average Bonchev–Trinajstić information content (AvgIpc) is 2.82. The molecule has 0 aromatic heterocycles. The summed E-state index contributed by atoms with van der Waals surface area (Å²) in [5.74, 6) is 0.820. The molecule has 33 heavy (non-hydrogen) atoms. The molecule has 1 aliphatic heterocycles. The van der Waals surface area contributed by atoms with Gasteiger partial charge in [0.2, 0.25) is 0 Å². The Balaban J connectivity index is 1.52. The van der Waals surface area contributed by atoms with Crippen molar-refractivity contribution in [2.24, 2.45) is 10.7 Å². The molecule has 3 rings (SSSR count). The molecule has 0 atom stereocenters. The van der Waals surface area contributed by atoms with Crippen LogP contribution in [0.3, 0.4) is 0 Å². The molecule has 0 radical (unpaired) electrons. The van der Waals surface area contributed by atoms with Gasteiger partial charge in [0.1, 0.15) is 0 Å². The summed E-state index contributed by atoms with van der Waals surface area (Å²) in [6, 6.07) is 15.5. The van der Waals surface area contributed by atoms with Crippen molar-refractivity contribution in [3.8, 4) is 0 Å². The van der Waals surface area contributed by atoms with Crippen molar-refractivity contribution in [3.05, 3.63) is 71.3 Å². The Labute approximate surface area is 195 Å². The van der Waals surface area contributed by atoms with Gasteiger partial charge in [0, 0.05) is 52.0 Å². The predicted octanol–water partition coefficient (Wildman–Crippen LogP) is 2.60. The molecule has 1 heterocycles. The zero-order valence-corrected chi connectivity index (χ0v) is 19.6. The Kier molecular flexibility index (Phi) is 8.07. The fourth-order valence-corrected chi connectivity index (χ4v) is 3.70. The van der Waals surface area contributed by atoms with Crippen molar-refractivity contribution in [3.63, 3.8) is 0 Å². The van der Waals surface area contributed by atoms with E-state index in [9.17, 15) is 4.79 Å². The lowest BCUT2D eigenvalue weighted by Crippen LogP contribution is -2.39. The van der Waals surface area contributed by atoms with Gasteiger partial charge in [-0.1, -0.05) is 30.3 Å². The van der Waals surface area contributed by atoms with E-state index in [1.807, 2.05) is 72.4 Å². The van der Waals surface area contributed by atoms with Gasteiger partial charge in [0.05, 0.1) is 0 Å². The lowest BCUT2D eigenvalue weighted by molar-refractivity contribution is 0.102. The predicted molar refractivity (Wildman–Crippen MR) is 136 cm³/mol. The second-order valence-electron chi connectivity index (χ2n) is 8.16. The molecule has 8 heteroatoms. The van der Waals surface area contributed by atoms with Gasteiger partial charge < -0.3 is 26.2 Å². The van der Waals surface area contributed by atoms with Gasteiger partial charge in [-0.2, -0.15) is 0 Å². The standard InChI is InChI=1S/C25H33N7O/c1-28-25(31(2)3)29-15-12-18-4-10-22(11-5-18)30-23(33)21-8-6-19(7-9-21)20-13-16-32(17-14-20)24(26)27/h4-11,13H,12,14-17H2,1-3H3,(H3,26,27)(H,28,29)(H,30,33). The number of benzene rings is 2. The molecule has 2 aromatic carbocycles. The number of anilines is 1. The molecular weight excluding hydrogens is 414 g/mol. The molecular formula is C25H33N7O. The number of carbonyl (C=O) groups excluding carboxylic acids is 1. The summed E-state index contributed by atoms with van der Waals surface area (Å²) in [7, 11) is 5.68. The number of nitrogens with one attached hydrogen (secondary N) is 3. The van der Waals surface area contributed by atoms with Crippen LogP contribution < -0.4 is 16.4 Å². The van der Waals surface area contributed by atoms with Crippen molar-refractivity contribution in [1.82, 2.24) is 15.1 Å². The van der Waals surface area contributed by atoms with Crippen LogP contribution in [0, 0.1) is 5.41 Å². The van der Waals surface area contributed by atoms with Crippen molar-refractivity contribution in [2.75, 3.05) is 46.1 Å². The van der Waals surface area contributed by atoms with Gasteiger partial charge in [-0.25, -0.2) is 0 Å². The van der Waals surface area contributed by atoms with Crippen LogP contribution in [-0.2, 0) is 6.42 Å². The van der Waals surface area contributed by atoms with Gasteiger partial charge >= 0.3 is 0 Å². The smallest absolute Gasteiger partial charge is 0.255 e. The summed E-state index contributed by atoms with van der Waals surface area (Å²) < 4.78 is 0. The average molecular weight is 448 g/mol. The van der Waals surface area contributed by atoms with E-state index in [0.29, 0.717) is 12.1 Å². The van der Waals surface area contributed by atoms with E-state index in [1.54, 1.807) is 7.05 Å². The van der Waals surface area contributed by atoms with Crippen LogP contribution in [0.25, 0.3) is 5.57 Å². The topological polar surface area (TPSA) is 110 Å². The molecule has 5 N–H and O–H groups in total. The lowest BCUT2D eigenvalue weighted by atomic mass is 9.98. The molecule has 0 fully saturated rings. The van der Waals surface area contributed by atoms with Crippen LogP contribution in [-0.4, -0.2) is 68.4 Å². The lowest BCUT2D eigenvalue weighted by Gasteiger charge is -2.26. The largest absolute Gasteiger partial charge is 0.370 e. The number of aliphatic imine (C=N–C) groups is 1. The van der Waals surface area contributed by atoms with E-state index >= 15 is 0 Å². The summed E-state index contributed by atoms with van der Waals surface area (Å²) in [6.07, 6.45) is 3.78. The number of nitrogens with zero attached hydrogens (tertiary/aromatic N) is 3. The summed E-state index contributed by atoms with van der Waals surface area (Å²) >= 11 is 0. The number of guanidine groups is 2. The highest BCUT2D eigenvalue weighted by Crippen LogP contribution is 2.23. The number of hydrogen-bond donors (Lipinski definition) is 4. The molecule has 0 aliphatic carbocycles. The van der Waals surface area contributed by atoms with Crippen LogP contribution in [0.5, 0.6) is 0 Å². The van der Waals surface area contributed by atoms with E-state index in [0.717, 1.165) is 43.1 Å². The van der Waals surface area contributed by atoms with Crippen molar-refractivity contribution in [2.45, 2.75) is 12.8 Å². The third-order valence-corrected chi connectivity index (χ3v) is 5.61. The van der Waals surface area contributed by atoms with Crippen molar-refractivity contribution >= 4 is 29.1 Å².